The molecular weight excluding hydrogens is 216 g/mol. The summed E-state index contributed by atoms with van der Waals surface area (Å²) in [5.41, 5.74) is 8.49. The van der Waals surface area contributed by atoms with Gasteiger partial charge in [0.2, 0.25) is 0 Å². The Kier molecular flexibility index (Phi) is 4.55. The zero-order valence-electron chi connectivity index (χ0n) is 10.1. The fraction of sp³-hybridized carbons (Fsp3) is 0.417. The number of nitrogens with one attached hydrogen (secondary N) is 1. The number of benzene rings is 1. The van der Waals surface area contributed by atoms with Crippen molar-refractivity contribution in [3.63, 3.8) is 0 Å². The highest BCUT2D eigenvalue weighted by Crippen LogP contribution is 2.24. The summed E-state index contributed by atoms with van der Waals surface area (Å²) in [4.78, 5) is 2.82. The van der Waals surface area contributed by atoms with Gasteiger partial charge in [0.05, 0.1) is 0 Å². The van der Waals surface area contributed by atoms with Gasteiger partial charge in [-0.15, -0.1) is 0 Å². The van der Waals surface area contributed by atoms with Crippen molar-refractivity contribution in [2.45, 2.75) is 32.4 Å². The van der Waals surface area contributed by atoms with E-state index in [2.05, 4.69) is 10.0 Å². The summed E-state index contributed by atoms with van der Waals surface area (Å²) in [6.07, 6.45) is 2.79. The molecule has 1 aromatic carbocycles. The lowest BCUT2D eigenvalue weighted by molar-refractivity contribution is 0.0857. The lowest BCUT2D eigenvalue weighted by Crippen LogP contribution is -2.28. The van der Waals surface area contributed by atoms with Crippen molar-refractivity contribution in [1.82, 2.24) is 0 Å². The molecule has 90 valence electrons. The summed E-state index contributed by atoms with van der Waals surface area (Å²) in [6.45, 7) is 3.77. The van der Waals surface area contributed by atoms with E-state index in [9.17, 15) is 0 Å². The van der Waals surface area contributed by atoms with Gasteiger partial charge in [0.1, 0.15) is 5.75 Å². The number of rotatable bonds is 6. The molecule has 0 bridgehead atoms. The van der Waals surface area contributed by atoms with Gasteiger partial charge in [0, 0.05) is 11.1 Å². The molecule has 0 saturated heterocycles. The number of ether oxygens (including phenoxy) is 1. The quantitative estimate of drug-likeness (QED) is 0.343. The Morgan fingerprint density at radius 1 is 1.47 bits per heavy atom. The van der Waals surface area contributed by atoms with E-state index in [4.69, 9.17) is 15.7 Å². The first kappa shape index (κ1) is 13.1. The number of hydrogen-bond acceptors (Lipinski definition) is 3. The molecule has 0 radical (unpaired) electrons. The highest BCUT2D eigenvalue weighted by molar-refractivity contribution is 5.76. The number of hydrogen-bond donors (Lipinski definition) is 1. The van der Waals surface area contributed by atoms with Crippen LogP contribution in [0.3, 0.4) is 0 Å². The topological polar surface area (TPSA) is 81.8 Å². The summed E-state index contributed by atoms with van der Waals surface area (Å²) in [6, 6.07) is 7.10. The van der Waals surface area contributed by atoms with Crippen LogP contribution in [0.4, 0.5) is 0 Å². The van der Waals surface area contributed by atoms with Crippen LogP contribution < -0.4 is 4.74 Å². The smallest absolute Gasteiger partial charge is 0.185 e. The molecule has 0 heterocycles. The van der Waals surface area contributed by atoms with Gasteiger partial charge in [-0.2, -0.15) is 0 Å². The molecule has 5 nitrogen and oxygen atoms in total. The summed E-state index contributed by atoms with van der Waals surface area (Å²) in [5.74, 6) is 0.638. The van der Waals surface area contributed by atoms with Crippen molar-refractivity contribution in [2.24, 2.45) is 5.11 Å². The number of azide groups is 1. The Balaban J connectivity index is 2.85. The van der Waals surface area contributed by atoms with Gasteiger partial charge in [-0.25, -0.2) is 0 Å². The van der Waals surface area contributed by atoms with Crippen LogP contribution in [0.1, 0.15) is 32.3 Å². The maximum atomic E-state index is 8.54. The van der Waals surface area contributed by atoms with E-state index in [-0.39, 0.29) is 0 Å². The maximum absolute atomic E-state index is 8.54. The lowest BCUT2D eigenvalue weighted by atomic mass is 10.1. The van der Waals surface area contributed by atoms with E-state index < -0.39 is 5.72 Å². The largest absolute Gasteiger partial charge is 0.481 e. The van der Waals surface area contributed by atoms with Crippen molar-refractivity contribution in [3.8, 4) is 5.75 Å². The minimum Gasteiger partial charge on any atom is -0.481 e. The average Bonchev–Trinajstić information content (AvgIpc) is 2.30. The van der Waals surface area contributed by atoms with Gasteiger partial charge in [-0.3, -0.25) is 0 Å². The second kappa shape index (κ2) is 5.92. The van der Waals surface area contributed by atoms with Crippen LogP contribution in [0, 0.1) is 5.41 Å². The Bertz CT molecular complexity index is 423. The summed E-state index contributed by atoms with van der Waals surface area (Å²) in [5, 5.41) is 10.8. The van der Waals surface area contributed by atoms with Gasteiger partial charge in [-0.05, 0) is 53.8 Å². The molecule has 0 aromatic heterocycles. The van der Waals surface area contributed by atoms with Gasteiger partial charge in [-0.1, -0.05) is 13.3 Å². The zero-order valence-corrected chi connectivity index (χ0v) is 10.1. The Morgan fingerprint density at radius 3 is 2.59 bits per heavy atom. The minimum absolute atomic E-state index is 0.638. The molecule has 1 rings (SSSR count). The molecule has 0 saturated carbocycles. The molecule has 1 aromatic rings. The highest BCUT2D eigenvalue weighted by atomic mass is 16.5. The Hall–Kier alpha value is -2.00. The minimum atomic E-state index is -0.851. The molecule has 0 aliphatic carbocycles. The first-order valence-corrected chi connectivity index (χ1v) is 5.49. The van der Waals surface area contributed by atoms with Crippen LogP contribution in [-0.4, -0.2) is 11.9 Å². The fourth-order valence-electron chi connectivity index (χ4n) is 1.57. The van der Waals surface area contributed by atoms with Crippen molar-refractivity contribution < 1.29 is 4.74 Å². The first-order chi connectivity index (χ1) is 8.13. The normalized spacial score (nSPS) is 13.3. The van der Waals surface area contributed by atoms with E-state index in [1.54, 1.807) is 31.2 Å². The zero-order chi connectivity index (χ0) is 12.7. The molecule has 0 fully saturated rings. The molecule has 0 aliphatic rings. The van der Waals surface area contributed by atoms with Gasteiger partial charge >= 0.3 is 0 Å². The SMILES string of the molecule is CCC[C@](C)(N=[N+]=[N-])Oc1ccc(C=N)cc1. The van der Waals surface area contributed by atoms with Crippen molar-refractivity contribution in [3.05, 3.63) is 40.3 Å². The van der Waals surface area contributed by atoms with E-state index in [0.717, 1.165) is 12.0 Å². The fourth-order valence-corrected chi connectivity index (χ4v) is 1.57. The lowest BCUT2D eigenvalue weighted by Gasteiger charge is -2.25. The molecule has 0 unspecified atom stereocenters. The van der Waals surface area contributed by atoms with E-state index in [1.807, 2.05) is 6.92 Å². The molecule has 0 amide bonds. The number of nitrogens with zero attached hydrogens (tertiary/aromatic N) is 3. The van der Waals surface area contributed by atoms with E-state index >= 15 is 0 Å². The van der Waals surface area contributed by atoms with Crippen LogP contribution >= 0.6 is 0 Å². The highest BCUT2D eigenvalue weighted by Gasteiger charge is 2.23. The van der Waals surface area contributed by atoms with E-state index in [0.29, 0.717) is 12.2 Å². The Labute approximate surface area is 101 Å². The molecule has 0 spiro atoms. The van der Waals surface area contributed by atoms with Crippen LogP contribution in [0.15, 0.2) is 29.4 Å². The standard InChI is InChI=1S/C12H16N4O/c1-3-8-12(2,15-16-14)17-11-6-4-10(9-13)5-7-11/h4-7,9,13H,3,8H2,1-2H3/t12-/m1/s1. The molecule has 1 N–H and O–H groups in total. The average molecular weight is 232 g/mol. The van der Waals surface area contributed by atoms with Crippen molar-refractivity contribution >= 4 is 6.21 Å². The van der Waals surface area contributed by atoms with Crippen molar-refractivity contribution in [2.75, 3.05) is 0 Å². The molecule has 5 heteroatoms. The molecule has 0 aliphatic heterocycles. The molecule has 17 heavy (non-hydrogen) atoms. The summed E-state index contributed by atoms with van der Waals surface area (Å²) >= 11 is 0. The van der Waals surface area contributed by atoms with Crippen LogP contribution in [0.2, 0.25) is 0 Å². The predicted octanol–water partition coefficient (Wildman–Crippen LogP) is 3.89. The third-order valence-corrected chi connectivity index (χ3v) is 2.35. The van der Waals surface area contributed by atoms with Crippen LogP contribution in [-0.2, 0) is 0 Å². The monoisotopic (exact) mass is 232 g/mol. The first-order valence-electron chi connectivity index (χ1n) is 5.49. The predicted molar refractivity (Wildman–Crippen MR) is 67.4 cm³/mol. The maximum Gasteiger partial charge on any atom is 0.185 e. The van der Waals surface area contributed by atoms with Gasteiger partial charge < -0.3 is 10.1 Å². The van der Waals surface area contributed by atoms with Gasteiger partial charge in [0.25, 0.3) is 0 Å². The summed E-state index contributed by atoms with van der Waals surface area (Å²) < 4.78 is 5.69. The summed E-state index contributed by atoms with van der Waals surface area (Å²) in [7, 11) is 0. The third kappa shape index (κ3) is 3.81. The van der Waals surface area contributed by atoms with Crippen molar-refractivity contribution in [1.29, 1.82) is 5.41 Å². The van der Waals surface area contributed by atoms with Crippen LogP contribution in [0.5, 0.6) is 5.75 Å². The molecular formula is C12H16N4O. The van der Waals surface area contributed by atoms with Crippen LogP contribution in [0.25, 0.3) is 10.4 Å². The van der Waals surface area contributed by atoms with Gasteiger partial charge in [0.15, 0.2) is 5.72 Å². The molecule has 1 atom stereocenters. The van der Waals surface area contributed by atoms with E-state index in [1.165, 1.54) is 6.21 Å². The second-order valence-corrected chi connectivity index (χ2v) is 3.93. The third-order valence-electron chi connectivity index (χ3n) is 2.35. The Morgan fingerprint density at radius 2 is 2.12 bits per heavy atom. The second-order valence-electron chi connectivity index (χ2n) is 3.93.